The summed E-state index contributed by atoms with van der Waals surface area (Å²) in [5, 5.41) is 6.93. The van der Waals surface area contributed by atoms with Gasteiger partial charge in [0.05, 0.1) is 22.1 Å². The van der Waals surface area contributed by atoms with Crippen LogP contribution in [0.15, 0.2) is 97.2 Å². The molecule has 0 aliphatic heterocycles. The smallest absolute Gasteiger partial charge is 0.250 e. The SMILES string of the molecule is CPCCCNc1cc(-n2c3ccccc3c3c(-c4cnc5ccccc5c4)cccc32)ccc1C(N)=O. The van der Waals surface area contributed by atoms with E-state index in [4.69, 9.17) is 10.7 Å². The fraction of sp³-hybridized carbons (Fsp3) is 0.125. The van der Waals surface area contributed by atoms with Crippen LogP contribution in [-0.2, 0) is 0 Å². The number of amides is 1. The molecule has 38 heavy (non-hydrogen) atoms. The third-order valence-electron chi connectivity index (χ3n) is 7.04. The van der Waals surface area contributed by atoms with E-state index in [1.807, 2.05) is 42.6 Å². The summed E-state index contributed by atoms with van der Waals surface area (Å²) >= 11 is 0. The topological polar surface area (TPSA) is 72.9 Å². The van der Waals surface area contributed by atoms with Gasteiger partial charge in [0, 0.05) is 45.8 Å². The van der Waals surface area contributed by atoms with Gasteiger partial charge in [-0.15, -0.1) is 8.58 Å². The van der Waals surface area contributed by atoms with Crippen LogP contribution in [0.1, 0.15) is 16.8 Å². The Hall–Kier alpha value is -4.21. The van der Waals surface area contributed by atoms with Gasteiger partial charge in [0.2, 0.25) is 0 Å². The number of hydrogen-bond donors (Lipinski definition) is 2. The highest BCUT2D eigenvalue weighted by Gasteiger charge is 2.18. The predicted molar refractivity (Wildman–Crippen MR) is 162 cm³/mol. The van der Waals surface area contributed by atoms with Crippen LogP contribution in [0.2, 0.25) is 0 Å². The third-order valence-corrected chi connectivity index (χ3v) is 7.90. The number of fused-ring (bicyclic) bond motifs is 4. The highest BCUT2D eigenvalue weighted by atomic mass is 31.1. The first-order valence-corrected chi connectivity index (χ1v) is 14.6. The molecule has 0 spiro atoms. The fourth-order valence-corrected chi connectivity index (χ4v) is 5.81. The second-order valence-corrected chi connectivity index (χ2v) is 10.7. The lowest BCUT2D eigenvalue weighted by atomic mass is 9.99. The van der Waals surface area contributed by atoms with E-state index >= 15 is 0 Å². The van der Waals surface area contributed by atoms with Gasteiger partial charge in [0.15, 0.2) is 0 Å². The molecule has 2 aromatic heterocycles. The van der Waals surface area contributed by atoms with Gasteiger partial charge >= 0.3 is 0 Å². The van der Waals surface area contributed by atoms with Crippen molar-refractivity contribution in [3.05, 3.63) is 103 Å². The molecule has 0 aliphatic carbocycles. The van der Waals surface area contributed by atoms with Crippen molar-refractivity contribution in [1.29, 1.82) is 0 Å². The first-order valence-electron chi connectivity index (χ1n) is 12.9. The van der Waals surface area contributed by atoms with Gasteiger partial charge in [-0.2, -0.15) is 0 Å². The molecule has 0 saturated carbocycles. The minimum absolute atomic E-state index is 0.426. The average Bonchev–Trinajstić information content (AvgIpc) is 3.29. The lowest BCUT2D eigenvalue weighted by Gasteiger charge is -2.14. The standard InChI is InChI=1S/C32H29N4OP/c1-38-17-7-16-34-28-19-23(14-15-25(28)32(33)37)36-29-12-5-3-9-26(29)31-24(10-6-13-30(31)36)22-18-21-8-2-4-11-27(21)35-20-22/h2-6,8-15,18-20,34,38H,7,16-17H2,1H3,(H2,33,37). The summed E-state index contributed by atoms with van der Waals surface area (Å²) in [7, 11) is 0.916. The molecular formula is C32H29N4OP. The summed E-state index contributed by atoms with van der Waals surface area (Å²) in [5.41, 5.74) is 13.4. The van der Waals surface area contributed by atoms with Crippen molar-refractivity contribution in [1.82, 2.24) is 9.55 Å². The van der Waals surface area contributed by atoms with Crippen LogP contribution in [0.5, 0.6) is 0 Å². The van der Waals surface area contributed by atoms with E-state index < -0.39 is 5.91 Å². The Balaban J connectivity index is 1.55. The summed E-state index contributed by atoms with van der Waals surface area (Å²) in [6.07, 6.45) is 4.18. The van der Waals surface area contributed by atoms with Gasteiger partial charge in [-0.1, -0.05) is 48.5 Å². The van der Waals surface area contributed by atoms with Crippen LogP contribution >= 0.6 is 8.58 Å². The monoisotopic (exact) mass is 516 g/mol. The largest absolute Gasteiger partial charge is 0.384 e. The van der Waals surface area contributed by atoms with Gasteiger partial charge < -0.3 is 15.6 Å². The molecule has 0 aliphatic rings. The molecule has 188 valence electrons. The number of para-hydroxylation sites is 2. The summed E-state index contributed by atoms with van der Waals surface area (Å²) in [4.78, 5) is 16.9. The zero-order valence-electron chi connectivity index (χ0n) is 21.2. The summed E-state index contributed by atoms with van der Waals surface area (Å²) < 4.78 is 2.27. The second kappa shape index (κ2) is 10.3. The molecule has 6 aromatic rings. The first kappa shape index (κ1) is 24.1. The van der Waals surface area contributed by atoms with E-state index in [0.717, 1.165) is 72.1 Å². The van der Waals surface area contributed by atoms with E-state index in [9.17, 15) is 4.79 Å². The quantitative estimate of drug-likeness (QED) is 0.166. The highest BCUT2D eigenvalue weighted by molar-refractivity contribution is 7.36. The maximum absolute atomic E-state index is 12.2. The normalized spacial score (nSPS) is 11.7. The van der Waals surface area contributed by atoms with Gasteiger partial charge in [0.1, 0.15) is 0 Å². The fourth-order valence-electron chi connectivity index (χ4n) is 5.28. The van der Waals surface area contributed by atoms with Crippen LogP contribution in [0.25, 0.3) is 49.5 Å². The van der Waals surface area contributed by atoms with Crippen LogP contribution in [0, 0.1) is 0 Å². The Morgan fingerprint density at radius 3 is 2.63 bits per heavy atom. The molecule has 1 amide bonds. The highest BCUT2D eigenvalue weighted by Crippen LogP contribution is 2.39. The van der Waals surface area contributed by atoms with E-state index in [0.29, 0.717) is 5.56 Å². The maximum Gasteiger partial charge on any atom is 0.250 e. The minimum atomic E-state index is -0.426. The third kappa shape index (κ3) is 4.29. The lowest BCUT2D eigenvalue weighted by molar-refractivity contribution is 0.100. The Morgan fingerprint density at radius 1 is 0.947 bits per heavy atom. The van der Waals surface area contributed by atoms with E-state index in [-0.39, 0.29) is 0 Å². The molecule has 0 saturated heterocycles. The van der Waals surface area contributed by atoms with Gasteiger partial charge in [0.25, 0.3) is 5.91 Å². The number of pyridine rings is 1. The van der Waals surface area contributed by atoms with Gasteiger partial charge in [-0.3, -0.25) is 9.78 Å². The summed E-state index contributed by atoms with van der Waals surface area (Å²) in [6.45, 7) is 3.01. The number of anilines is 1. The molecule has 0 fully saturated rings. The Bertz CT molecular complexity index is 1810. The minimum Gasteiger partial charge on any atom is -0.384 e. The summed E-state index contributed by atoms with van der Waals surface area (Å²) in [5.74, 6) is -0.426. The number of hydrogen-bond acceptors (Lipinski definition) is 3. The number of carbonyl (C=O) groups excluding carboxylic acids is 1. The first-order chi connectivity index (χ1) is 18.7. The maximum atomic E-state index is 12.2. The van der Waals surface area contributed by atoms with E-state index in [2.05, 4.69) is 71.1 Å². The molecule has 0 radical (unpaired) electrons. The lowest BCUT2D eigenvalue weighted by Crippen LogP contribution is -2.15. The molecule has 6 heteroatoms. The van der Waals surface area contributed by atoms with Crippen LogP contribution < -0.4 is 11.1 Å². The number of carbonyl (C=O) groups is 1. The van der Waals surface area contributed by atoms with Crippen molar-refractivity contribution in [2.24, 2.45) is 5.73 Å². The molecule has 3 N–H and O–H groups in total. The molecule has 6 rings (SSSR count). The number of benzene rings is 4. The number of nitrogens with one attached hydrogen (secondary N) is 1. The van der Waals surface area contributed by atoms with Gasteiger partial charge in [-0.05, 0) is 67.3 Å². The summed E-state index contributed by atoms with van der Waals surface area (Å²) in [6, 6.07) is 31.2. The Morgan fingerprint density at radius 2 is 1.76 bits per heavy atom. The average molecular weight is 517 g/mol. The van der Waals surface area contributed by atoms with Crippen molar-refractivity contribution < 1.29 is 4.79 Å². The van der Waals surface area contributed by atoms with Gasteiger partial charge in [-0.25, -0.2) is 0 Å². The van der Waals surface area contributed by atoms with Crippen LogP contribution in [0.4, 0.5) is 5.69 Å². The molecule has 5 nitrogen and oxygen atoms in total. The van der Waals surface area contributed by atoms with Crippen molar-refractivity contribution in [3.8, 4) is 16.8 Å². The van der Waals surface area contributed by atoms with Crippen molar-refractivity contribution in [2.45, 2.75) is 6.42 Å². The molecule has 4 aromatic carbocycles. The second-order valence-electron chi connectivity index (χ2n) is 9.45. The van der Waals surface area contributed by atoms with Crippen molar-refractivity contribution in [2.75, 3.05) is 24.7 Å². The van der Waals surface area contributed by atoms with Crippen LogP contribution in [0.3, 0.4) is 0 Å². The number of nitrogens with two attached hydrogens (primary N) is 1. The number of aromatic nitrogens is 2. The zero-order valence-corrected chi connectivity index (χ0v) is 22.2. The number of primary amides is 1. The predicted octanol–water partition coefficient (Wildman–Crippen LogP) is 7.21. The molecular weight excluding hydrogens is 487 g/mol. The van der Waals surface area contributed by atoms with E-state index in [1.54, 1.807) is 0 Å². The molecule has 2 heterocycles. The Labute approximate surface area is 223 Å². The molecule has 0 bridgehead atoms. The number of rotatable bonds is 8. The van der Waals surface area contributed by atoms with Crippen molar-refractivity contribution >= 4 is 52.9 Å². The van der Waals surface area contributed by atoms with Crippen molar-refractivity contribution in [3.63, 3.8) is 0 Å². The van der Waals surface area contributed by atoms with Crippen LogP contribution in [-0.4, -0.2) is 34.8 Å². The Kier molecular flexibility index (Phi) is 6.53. The van der Waals surface area contributed by atoms with E-state index in [1.165, 1.54) is 10.8 Å². The molecule has 1 unspecified atom stereocenters. The zero-order chi connectivity index (χ0) is 26.1. The number of nitrogens with zero attached hydrogens (tertiary/aromatic N) is 2. The molecule has 1 atom stereocenters.